The molecule has 0 aliphatic carbocycles. The molecular weight excluding hydrogens is 240 g/mol. The number of rotatable bonds is 4. The van der Waals surface area contributed by atoms with Crippen molar-refractivity contribution in [2.45, 2.75) is 29.9 Å². The molecule has 0 atom stereocenters. The first kappa shape index (κ1) is 12.1. The van der Waals surface area contributed by atoms with Crippen molar-refractivity contribution >= 4 is 17.7 Å². The molecule has 0 unspecified atom stereocenters. The Bertz CT molecular complexity index is 442. The van der Waals surface area contributed by atoms with Gasteiger partial charge in [0.2, 0.25) is 6.79 Å². The Hall–Kier alpha value is -1.36. The minimum absolute atomic E-state index is 0.117. The zero-order valence-electron chi connectivity index (χ0n) is 9.73. The van der Waals surface area contributed by atoms with E-state index in [-0.39, 0.29) is 18.0 Å². The first-order chi connectivity index (χ1) is 7.96. The van der Waals surface area contributed by atoms with Gasteiger partial charge in [0.05, 0.1) is 6.42 Å². The summed E-state index contributed by atoms with van der Waals surface area (Å²) in [7, 11) is 0. The van der Waals surface area contributed by atoms with E-state index in [1.165, 1.54) is 11.8 Å². The first-order valence-corrected chi connectivity index (χ1v) is 6.08. The van der Waals surface area contributed by atoms with Crippen molar-refractivity contribution < 1.29 is 19.4 Å². The summed E-state index contributed by atoms with van der Waals surface area (Å²) in [5, 5.41) is 8.82. The molecule has 0 spiro atoms. The molecule has 2 rings (SSSR count). The maximum absolute atomic E-state index is 10.7. The lowest BCUT2D eigenvalue weighted by Gasteiger charge is -2.21. The maximum atomic E-state index is 10.7. The molecule has 0 fully saturated rings. The van der Waals surface area contributed by atoms with Crippen LogP contribution in [0.2, 0.25) is 0 Å². The molecule has 1 aromatic carbocycles. The topological polar surface area (TPSA) is 55.8 Å². The van der Waals surface area contributed by atoms with Crippen LogP contribution in [-0.2, 0) is 4.79 Å². The smallest absolute Gasteiger partial charge is 0.304 e. The van der Waals surface area contributed by atoms with E-state index in [9.17, 15) is 4.79 Å². The molecule has 92 valence electrons. The first-order valence-electron chi connectivity index (χ1n) is 5.27. The summed E-state index contributed by atoms with van der Waals surface area (Å²) >= 11 is 1.52. The molecule has 0 bridgehead atoms. The van der Waals surface area contributed by atoms with Crippen molar-refractivity contribution in [2.75, 3.05) is 6.79 Å². The van der Waals surface area contributed by atoms with E-state index < -0.39 is 5.97 Å². The summed E-state index contributed by atoms with van der Waals surface area (Å²) in [6.07, 6.45) is 0.117. The number of fused-ring (bicyclic) bond motifs is 1. The Balaban J connectivity index is 2.11. The summed E-state index contributed by atoms with van der Waals surface area (Å²) in [4.78, 5) is 11.7. The van der Waals surface area contributed by atoms with Crippen LogP contribution in [0.25, 0.3) is 0 Å². The highest BCUT2D eigenvalue weighted by atomic mass is 32.2. The van der Waals surface area contributed by atoms with E-state index in [2.05, 4.69) is 0 Å². The zero-order valence-corrected chi connectivity index (χ0v) is 10.5. The molecule has 0 saturated heterocycles. The molecule has 0 radical (unpaired) electrons. The van der Waals surface area contributed by atoms with Crippen LogP contribution in [0, 0.1) is 0 Å². The fourth-order valence-electron chi connectivity index (χ4n) is 1.66. The summed E-state index contributed by atoms with van der Waals surface area (Å²) in [6.45, 7) is 4.08. The summed E-state index contributed by atoms with van der Waals surface area (Å²) < 4.78 is 10.2. The van der Waals surface area contributed by atoms with Crippen molar-refractivity contribution in [1.29, 1.82) is 0 Å². The Morgan fingerprint density at radius 2 is 2.12 bits per heavy atom. The van der Waals surface area contributed by atoms with Gasteiger partial charge < -0.3 is 14.6 Å². The van der Waals surface area contributed by atoms with Gasteiger partial charge in [-0.15, -0.1) is 11.8 Å². The zero-order chi connectivity index (χ0) is 12.5. The second kappa shape index (κ2) is 4.49. The Morgan fingerprint density at radius 1 is 1.41 bits per heavy atom. The number of hydrogen-bond acceptors (Lipinski definition) is 4. The number of thioether (sulfide) groups is 1. The van der Waals surface area contributed by atoms with Gasteiger partial charge in [-0.05, 0) is 32.0 Å². The highest BCUT2D eigenvalue weighted by molar-refractivity contribution is 8.00. The Kier molecular flexibility index (Phi) is 3.19. The molecule has 1 aliphatic heterocycles. The molecule has 1 aromatic rings. The molecular formula is C12H14O4S. The number of carbonyl (C=O) groups is 1. The summed E-state index contributed by atoms with van der Waals surface area (Å²) in [6, 6.07) is 5.65. The van der Waals surface area contributed by atoms with Gasteiger partial charge in [0.25, 0.3) is 0 Å². The lowest BCUT2D eigenvalue weighted by Crippen LogP contribution is -2.19. The van der Waals surface area contributed by atoms with Crippen LogP contribution >= 0.6 is 11.8 Å². The van der Waals surface area contributed by atoms with E-state index in [0.717, 1.165) is 16.4 Å². The van der Waals surface area contributed by atoms with Crippen molar-refractivity contribution in [3.05, 3.63) is 18.2 Å². The van der Waals surface area contributed by atoms with Crippen LogP contribution in [0.3, 0.4) is 0 Å². The van der Waals surface area contributed by atoms with Crippen LogP contribution in [0.4, 0.5) is 0 Å². The van der Waals surface area contributed by atoms with Gasteiger partial charge in [-0.25, -0.2) is 0 Å². The van der Waals surface area contributed by atoms with Gasteiger partial charge in [0.1, 0.15) is 0 Å². The third-order valence-corrected chi connectivity index (χ3v) is 3.50. The number of carboxylic acids is 1. The van der Waals surface area contributed by atoms with E-state index >= 15 is 0 Å². The van der Waals surface area contributed by atoms with Gasteiger partial charge in [0, 0.05) is 9.64 Å². The molecule has 1 N–H and O–H groups in total. The highest BCUT2D eigenvalue weighted by Crippen LogP contribution is 2.40. The van der Waals surface area contributed by atoms with E-state index in [0.29, 0.717) is 0 Å². The molecule has 17 heavy (non-hydrogen) atoms. The normalized spacial score (nSPS) is 13.8. The van der Waals surface area contributed by atoms with Gasteiger partial charge in [-0.2, -0.15) is 0 Å². The number of carboxylic acid groups (broad SMARTS) is 1. The third-order valence-electron chi connectivity index (χ3n) is 2.32. The number of ether oxygens (including phenoxy) is 2. The van der Waals surface area contributed by atoms with Crippen molar-refractivity contribution in [3.8, 4) is 11.5 Å². The third kappa shape index (κ3) is 3.06. The van der Waals surface area contributed by atoms with Gasteiger partial charge >= 0.3 is 5.97 Å². The highest BCUT2D eigenvalue weighted by Gasteiger charge is 2.24. The lowest BCUT2D eigenvalue weighted by molar-refractivity contribution is -0.137. The average molecular weight is 254 g/mol. The van der Waals surface area contributed by atoms with E-state index in [1.807, 2.05) is 32.0 Å². The van der Waals surface area contributed by atoms with Crippen LogP contribution in [0.1, 0.15) is 20.3 Å². The standard InChI is InChI=1S/C12H14O4S/c1-12(2,6-11(13)14)17-8-3-4-9-10(5-8)16-7-15-9/h3-5H,6-7H2,1-2H3,(H,13,14). The minimum atomic E-state index is -0.789. The second-order valence-corrected chi connectivity index (χ2v) is 6.23. The number of aliphatic carboxylic acids is 1. The second-order valence-electron chi connectivity index (χ2n) is 4.45. The van der Waals surface area contributed by atoms with Crippen LogP contribution in [0.5, 0.6) is 11.5 Å². The van der Waals surface area contributed by atoms with Crippen molar-refractivity contribution in [3.63, 3.8) is 0 Å². The van der Waals surface area contributed by atoms with Crippen LogP contribution in [0.15, 0.2) is 23.1 Å². The fourth-order valence-corrected chi connectivity index (χ4v) is 2.80. The molecule has 1 heterocycles. The molecule has 5 heteroatoms. The predicted molar refractivity (Wildman–Crippen MR) is 64.8 cm³/mol. The Labute approximate surface area is 104 Å². The molecule has 1 aliphatic rings. The average Bonchev–Trinajstić information content (AvgIpc) is 2.61. The van der Waals surface area contributed by atoms with Crippen molar-refractivity contribution in [1.82, 2.24) is 0 Å². The number of benzene rings is 1. The predicted octanol–water partition coefficient (Wildman–Crippen LogP) is 2.76. The van der Waals surface area contributed by atoms with E-state index in [4.69, 9.17) is 14.6 Å². The molecule has 0 aromatic heterocycles. The molecule has 0 saturated carbocycles. The molecule has 0 amide bonds. The number of hydrogen-bond donors (Lipinski definition) is 1. The van der Waals surface area contributed by atoms with E-state index in [1.54, 1.807) is 0 Å². The summed E-state index contributed by atoms with van der Waals surface area (Å²) in [5.41, 5.74) is 0. The van der Waals surface area contributed by atoms with Crippen LogP contribution in [-0.4, -0.2) is 22.6 Å². The van der Waals surface area contributed by atoms with Gasteiger partial charge in [-0.3, -0.25) is 4.79 Å². The SMILES string of the molecule is CC(C)(CC(=O)O)Sc1ccc2c(c1)OCO2. The van der Waals surface area contributed by atoms with Crippen molar-refractivity contribution in [2.24, 2.45) is 0 Å². The minimum Gasteiger partial charge on any atom is -0.481 e. The Morgan fingerprint density at radius 3 is 2.82 bits per heavy atom. The van der Waals surface area contributed by atoms with Gasteiger partial charge in [0.15, 0.2) is 11.5 Å². The fraction of sp³-hybridized carbons (Fsp3) is 0.417. The largest absolute Gasteiger partial charge is 0.481 e. The maximum Gasteiger partial charge on any atom is 0.304 e. The monoisotopic (exact) mass is 254 g/mol. The lowest BCUT2D eigenvalue weighted by atomic mass is 10.1. The van der Waals surface area contributed by atoms with Gasteiger partial charge in [-0.1, -0.05) is 0 Å². The van der Waals surface area contributed by atoms with Crippen LogP contribution < -0.4 is 9.47 Å². The quantitative estimate of drug-likeness (QED) is 0.837. The molecule has 4 nitrogen and oxygen atoms in total. The summed E-state index contributed by atoms with van der Waals surface area (Å²) in [5.74, 6) is 0.676.